The summed E-state index contributed by atoms with van der Waals surface area (Å²) in [6.45, 7) is 2.86. The van der Waals surface area contributed by atoms with Gasteiger partial charge < -0.3 is 15.3 Å². The summed E-state index contributed by atoms with van der Waals surface area (Å²) in [6, 6.07) is 6.79. The number of nitrogens with one attached hydrogen (secondary N) is 1. The predicted octanol–water partition coefficient (Wildman–Crippen LogP) is 2.17. The number of nitrogens with zero attached hydrogens (tertiary/aromatic N) is 1. The number of piperidine rings is 1. The highest BCUT2D eigenvalue weighted by Crippen LogP contribution is 2.19. The van der Waals surface area contributed by atoms with Crippen LogP contribution in [-0.4, -0.2) is 48.6 Å². The number of benzene rings is 1. The lowest BCUT2D eigenvalue weighted by atomic mass is 9.93. The van der Waals surface area contributed by atoms with E-state index in [1.165, 1.54) is 19.4 Å². The lowest BCUT2D eigenvalue weighted by molar-refractivity contribution is -0.121. The molecule has 126 valence electrons. The number of carboxylic acids is 1. The van der Waals surface area contributed by atoms with Crippen LogP contribution in [0.25, 0.3) is 0 Å². The van der Waals surface area contributed by atoms with E-state index in [0.29, 0.717) is 18.9 Å². The maximum absolute atomic E-state index is 11.9. The van der Waals surface area contributed by atoms with Crippen LogP contribution in [0.1, 0.15) is 41.6 Å². The minimum absolute atomic E-state index is 0.111. The van der Waals surface area contributed by atoms with Crippen molar-refractivity contribution in [2.75, 3.05) is 26.7 Å². The van der Waals surface area contributed by atoms with Gasteiger partial charge >= 0.3 is 5.97 Å². The Bertz CT molecular complexity index is 528. The van der Waals surface area contributed by atoms with Gasteiger partial charge in [0.1, 0.15) is 0 Å². The van der Waals surface area contributed by atoms with Crippen molar-refractivity contribution in [3.05, 3.63) is 35.4 Å². The number of carboxylic acid groups (broad SMARTS) is 1. The number of hydrogen-bond donors (Lipinski definition) is 2. The van der Waals surface area contributed by atoms with Gasteiger partial charge in [-0.2, -0.15) is 0 Å². The molecule has 0 bridgehead atoms. The van der Waals surface area contributed by atoms with Gasteiger partial charge in [-0.25, -0.2) is 4.79 Å². The second-order valence-corrected chi connectivity index (χ2v) is 6.41. The van der Waals surface area contributed by atoms with E-state index in [2.05, 4.69) is 17.3 Å². The minimum atomic E-state index is -0.918. The second kappa shape index (κ2) is 8.67. The van der Waals surface area contributed by atoms with Gasteiger partial charge in [0.25, 0.3) is 0 Å². The number of rotatable bonds is 7. The third-order valence-corrected chi connectivity index (χ3v) is 4.44. The summed E-state index contributed by atoms with van der Waals surface area (Å²) in [7, 11) is 2.14. The standard InChI is InChI=1S/C18H26N2O3/c1-20-12-2-3-15(13-20)6-9-17(21)19-11-10-14-4-7-16(8-5-14)18(22)23/h4-5,7-8,15H,2-3,6,9-13H2,1H3,(H,19,21)(H,22,23). The first-order chi connectivity index (χ1) is 11.0. The lowest BCUT2D eigenvalue weighted by Gasteiger charge is -2.29. The van der Waals surface area contributed by atoms with Gasteiger partial charge in [0.15, 0.2) is 0 Å². The SMILES string of the molecule is CN1CCCC(CCC(=O)NCCc2ccc(C(=O)O)cc2)C1. The molecule has 2 rings (SSSR count). The molecule has 1 heterocycles. The van der Waals surface area contributed by atoms with Crippen molar-refractivity contribution < 1.29 is 14.7 Å². The molecule has 1 aromatic carbocycles. The Hall–Kier alpha value is -1.88. The first kappa shape index (κ1) is 17.5. The highest BCUT2D eigenvalue weighted by molar-refractivity contribution is 5.87. The minimum Gasteiger partial charge on any atom is -0.478 e. The Kier molecular flexibility index (Phi) is 6.59. The van der Waals surface area contributed by atoms with Crippen molar-refractivity contribution in [3.8, 4) is 0 Å². The first-order valence-electron chi connectivity index (χ1n) is 8.32. The van der Waals surface area contributed by atoms with Crippen LogP contribution in [0.2, 0.25) is 0 Å². The summed E-state index contributed by atoms with van der Waals surface area (Å²) in [4.78, 5) is 25.0. The molecule has 0 aliphatic carbocycles. The van der Waals surface area contributed by atoms with E-state index in [1.807, 2.05) is 0 Å². The Balaban J connectivity index is 1.63. The van der Waals surface area contributed by atoms with E-state index in [0.717, 1.165) is 24.9 Å². The third-order valence-electron chi connectivity index (χ3n) is 4.44. The topological polar surface area (TPSA) is 69.6 Å². The van der Waals surface area contributed by atoms with Gasteiger partial charge in [-0.3, -0.25) is 4.79 Å². The smallest absolute Gasteiger partial charge is 0.335 e. The zero-order valence-corrected chi connectivity index (χ0v) is 13.8. The Morgan fingerprint density at radius 3 is 2.70 bits per heavy atom. The number of likely N-dealkylation sites (tertiary alicyclic amines) is 1. The monoisotopic (exact) mass is 318 g/mol. The average molecular weight is 318 g/mol. The summed E-state index contributed by atoms with van der Waals surface area (Å²) in [6.07, 6.45) is 4.74. The molecule has 1 aromatic rings. The molecular weight excluding hydrogens is 292 g/mol. The highest BCUT2D eigenvalue weighted by Gasteiger charge is 2.17. The number of aromatic carboxylic acids is 1. The van der Waals surface area contributed by atoms with Gasteiger partial charge in [0, 0.05) is 19.5 Å². The van der Waals surface area contributed by atoms with Crippen molar-refractivity contribution in [2.45, 2.75) is 32.1 Å². The summed E-state index contributed by atoms with van der Waals surface area (Å²) < 4.78 is 0. The molecule has 23 heavy (non-hydrogen) atoms. The maximum Gasteiger partial charge on any atom is 0.335 e. The van der Waals surface area contributed by atoms with E-state index in [-0.39, 0.29) is 11.5 Å². The van der Waals surface area contributed by atoms with E-state index in [1.54, 1.807) is 24.3 Å². The molecule has 5 heteroatoms. The molecule has 1 fully saturated rings. The molecule has 0 radical (unpaired) electrons. The fraction of sp³-hybridized carbons (Fsp3) is 0.556. The quantitative estimate of drug-likeness (QED) is 0.808. The van der Waals surface area contributed by atoms with Crippen LogP contribution >= 0.6 is 0 Å². The average Bonchev–Trinajstić information content (AvgIpc) is 2.53. The van der Waals surface area contributed by atoms with Crippen LogP contribution in [0.3, 0.4) is 0 Å². The lowest BCUT2D eigenvalue weighted by Crippen LogP contribution is -2.33. The maximum atomic E-state index is 11.9. The van der Waals surface area contributed by atoms with Crippen LogP contribution < -0.4 is 5.32 Å². The Labute approximate surface area is 137 Å². The summed E-state index contributed by atoms with van der Waals surface area (Å²) in [5, 5.41) is 11.8. The van der Waals surface area contributed by atoms with Gasteiger partial charge in [0.05, 0.1) is 5.56 Å². The van der Waals surface area contributed by atoms with E-state index >= 15 is 0 Å². The fourth-order valence-corrected chi connectivity index (χ4v) is 3.09. The zero-order chi connectivity index (χ0) is 16.7. The van der Waals surface area contributed by atoms with Crippen molar-refractivity contribution in [1.82, 2.24) is 10.2 Å². The Morgan fingerprint density at radius 1 is 1.30 bits per heavy atom. The number of carbonyl (C=O) groups is 2. The summed E-state index contributed by atoms with van der Waals surface area (Å²) in [5.74, 6) is -0.165. The number of amides is 1. The molecule has 0 aromatic heterocycles. The van der Waals surface area contributed by atoms with Crippen LogP contribution in [0.4, 0.5) is 0 Å². The molecule has 2 N–H and O–H groups in total. The third kappa shape index (κ3) is 6.02. The second-order valence-electron chi connectivity index (χ2n) is 6.41. The highest BCUT2D eigenvalue weighted by atomic mass is 16.4. The molecule has 1 atom stereocenters. The van der Waals surface area contributed by atoms with Crippen molar-refractivity contribution in [2.24, 2.45) is 5.92 Å². The van der Waals surface area contributed by atoms with E-state index in [9.17, 15) is 9.59 Å². The summed E-state index contributed by atoms with van der Waals surface area (Å²) in [5.41, 5.74) is 1.32. The van der Waals surface area contributed by atoms with E-state index in [4.69, 9.17) is 5.11 Å². The van der Waals surface area contributed by atoms with Crippen molar-refractivity contribution >= 4 is 11.9 Å². The molecule has 1 aliphatic heterocycles. The molecule has 1 unspecified atom stereocenters. The molecule has 0 saturated carbocycles. The fourth-order valence-electron chi connectivity index (χ4n) is 3.09. The van der Waals surface area contributed by atoms with E-state index < -0.39 is 5.97 Å². The number of carbonyl (C=O) groups excluding carboxylic acids is 1. The largest absolute Gasteiger partial charge is 0.478 e. The van der Waals surface area contributed by atoms with Crippen molar-refractivity contribution in [3.63, 3.8) is 0 Å². The molecule has 1 aliphatic rings. The van der Waals surface area contributed by atoms with Crippen LogP contribution in [-0.2, 0) is 11.2 Å². The van der Waals surface area contributed by atoms with Crippen LogP contribution in [0.5, 0.6) is 0 Å². The van der Waals surface area contributed by atoms with Crippen LogP contribution in [0, 0.1) is 5.92 Å². The molecule has 0 spiro atoms. The number of hydrogen-bond acceptors (Lipinski definition) is 3. The van der Waals surface area contributed by atoms with Gasteiger partial charge in [-0.05, 0) is 62.9 Å². The van der Waals surface area contributed by atoms with Gasteiger partial charge in [-0.15, -0.1) is 0 Å². The molecule has 5 nitrogen and oxygen atoms in total. The molecule has 1 amide bonds. The zero-order valence-electron chi connectivity index (χ0n) is 13.8. The molecular formula is C18H26N2O3. The Morgan fingerprint density at radius 2 is 2.04 bits per heavy atom. The normalized spacial score (nSPS) is 18.6. The van der Waals surface area contributed by atoms with Crippen molar-refractivity contribution in [1.29, 1.82) is 0 Å². The molecule has 1 saturated heterocycles. The predicted molar refractivity (Wildman–Crippen MR) is 89.6 cm³/mol. The van der Waals surface area contributed by atoms with Gasteiger partial charge in [0.2, 0.25) is 5.91 Å². The first-order valence-corrected chi connectivity index (χ1v) is 8.32. The van der Waals surface area contributed by atoms with Gasteiger partial charge in [-0.1, -0.05) is 12.1 Å². The van der Waals surface area contributed by atoms with Crippen LogP contribution in [0.15, 0.2) is 24.3 Å². The summed E-state index contributed by atoms with van der Waals surface area (Å²) >= 11 is 0.